The van der Waals surface area contributed by atoms with Gasteiger partial charge in [-0.3, -0.25) is 14.6 Å². The standard InChI is InChI=1S/C25H27N5O2S/c31-24(22-13-19-15-26-10-6-20(19)29-22)27-9-2-1-3-17-7-11-30(12-8-17)25(32)18-4-5-21-23(14-18)33-16-28-21/h4-6,10,13-17,29H,1-3,7-9,11-12H2,(H,27,31). The number of pyridine rings is 1. The summed E-state index contributed by atoms with van der Waals surface area (Å²) < 4.78 is 1.06. The molecule has 1 saturated heterocycles. The van der Waals surface area contributed by atoms with E-state index in [1.54, 1.807) is 23.7 Å². The van der Waals surface area contributed by atoms with Crippen LogP contribution in [0.4, 0.5) is 0 Å². The minimum Gasteiger partial charge on any atom is -0.351 e. The highest BCUT2D eigenvalue weighted by atomic mass is 32.1. The molecule has 1 aromatic carbocycles. The van der Waals surface area contributed by atoms with E-state index >= 15 is 0 Å². The summed E-state index contributed by atoms with van der Waals surface area (Å²) in [7, 11) is 0. The highest BCUT2D eigenvalue weighted by molar-refractivity contribution is 7.16. The molecule has 4 aromatic rings. The number of benzene rings is 1. The van der Waals surface area contributed by atoms with Gasteiger partial charge < -0.3 is 15.2 Å². The van der Waals surface area contributed by atoms with Gasteiger partial charge in [-0.1, -0.05) is 12.8 Å². The van der Waals surface area contributed by atoms with Gasteiger partial charge in [-0.15, -0.1) is 11.3 Å². The number of fused-ring (bicyclic) bond motifs is 2. The smallest absolute Gasteiger partial charge is 0.267 e. The van der Waals surface area contributed by atoms with E-state index in [1.807, 2.05) is 40.7 Å². The lowest BCUT2D eigenvalue weighted by atomic mass is 9.91. The van der Waals surface area contributed by atoms with Crippen molar-refractivity contribution in [3.63, 3.8) is 0 Å². The fraction of sp³-hybridized carbons (Fsp3) is 0.360. The molecule has 1 aliphatic heterocycles. The van der Waals surface area contributed by atoms with Gasteiger partial charge in [0.1, 0.15) is 5.69 Å². The summed E-state index contributed by atoms with van der Waals surface area (Å²) >= 11 is 1.57. The molecule has 3 aromatic heterocycles. The number of piperidine rings is 1. The normalized spacial score (nSPS) is 14.7. The maximum atomic E-state index is 12.9. The first-order valence-electron chi connectivity index (χ1n) is 11.5. The van der Waals surface area contributed by atoms with Crippen LogP contribution in [0.25, 0.3) is 21.1 Å². The van der Waals surface area contributed by atoms with Gasteiger partial charge in [0, 0.05) is 48.5 Å². The summed E-state index contributed by atoms with van der Waals surface area (Å²) in [5.41, 5.74) is 5.01. The van der Waals surface area contributed by atoms with Gasteiger partial charge in [0.2, 0.25) is 0 Å². The number of hydrogen-bond acceptors (Lipinski definition) is 5. The molecule has 0 radical (unpaired) electrons. The van der Waals surface area contributed by atoms with Gasteiger partial charge in [-0.2, -0.15) is 0 Å². The number of likely N-dealkylation sites (tertiary alicyclic amines) is 1. The molecule has 1 fully saturated rings. The van der Waals surface area contributed by atoms with Crippen LogP contribution >= 0.6 is 11.3 Å². The molecule has 2 amide bonds. The van der Waals surface area contributed by atoms with Crippen molar-refractivity contribution in [1.82, 2.24) is 25.2 Å². The van der Waals surface area contributed by atoms with E-state index < -0.39 is 0 Å². The molecule has 7 nitrogen and oxygen atoms in total. The molecule has 33 heavy (non-hydrogen) atoms. The SMILES string of the molecule is O=C(NCCCCC1CCN(C(=O)c2ccc3ncsc3c2)CC1)c1cc2cnccc2[nH]1. The fourth-order valence-corrected chi connectivity index (χ4v) is 5.26. The molecule has 4 heterocycles. The quantitative estimate of drug-likeness (QED) is 0.393. The zero-order valence-electron chi connectivity index (χ0n) is 18.4. The lowest BCUT2D eigenvalue weighted by Gasteiger charge is -2.32. The molecule has 0 atom stereocenters. The van der Waals surface area contributed by atoms with E-state index in [1.165, 1.54) is 0 Å². The van der Waals surface area contributed by atoms with Crippen molar-refractivity contribution in [2.24, 2.45) is 5.92 Å². The Labute approximate surface area is 196 Å². The van der Waals surface area contributed by atoms with Gasteiger partial charge in [0.15, 0.2) is 0 Å². The van der Waals surface area contributed by atoms with Crippen LogP contribution in [0.2, 0.25) is 0 Å². The van der Waals surface area contributed by atoms with Crippen molar-refractivity contribution in [1.29, 1.82) is 0 Å². The molecule has 0 aliphatic carbocycles. The lowest BCUT2D eigenvalue weighted by Crippen LogP contribution is -2.38. The van der Waals surface area contributed by atoms with Gasteiger partial charge >= 0.3 is 0 Å². The van der Waals surface area contributed by atoms with Crippen LogP contribution in [0.3, 0.4) is 0 Å². The minimum atomic E-state index is -0.0745. The van der Waals surface area contributed by atoms with Crippen LogP contribution in [0.15, 0.2) is 48.2 Å². The summed E-state index contributed by atoms with van der Waals surface area (Å²) in [5.74, 6) is 0.698. The summed E-state index contributed by atoms with van der Waals surface area (Å²) in [6.45, 7) is 2.30. The molecule has 5 rings (SSSR count). The molecule has 8 heteroatoms. The molecular weight excluding hydrogens is 434 g/mol. The maximum absolute atomic E-state index is 12.9. The van der Waals surface area contributed by atoms with E-state index in [2.05, 4.69) is 20.3 Å². The van der Waals surface area contributed by atoms with Gasteiger partial charge in [0.05, 0.1) is 15.7 Å². The topological polar surface area (TPSA) is 91.0 Å². The van der Waals surface area contributed by atoms with Crippen molar-refractivity contribution < 1.29 is 9.59 Å². The van der Waals surface area contributed by atoms with E-state index in [0.29, 0.717) is 18.2 Å². The number of H-pyrrole nitrogens is 1. The first kappa shape index (κ1) is 21.6. The number of unbranched alkanes of at least 4 members (excludes halogenated alkanes) is 1. The molecule has 170 valence electrons. The lowest BCUT2D eigenvalue weighted by molar-refractivity contribution is 0.0686. The van der Waals surface area contributed by atoms with E-state index in [0.717, 1.165) is 71.9 Å². The third kappa shape index (κ3) is 4.90. The van der Waals surface area contributed by atoms with Crippen LogP contribution in [0.1, 0.15) is 53.0 Å². The number of carbonyl (C=O) groups excluding carboxylic acids is 2. The van der Waals surface area contributed by atoms with E-state index in [-0.39, 0.29) is 11.8 Å². The predicted molar refractivity (Wildman–Crippen MR) is 131 cm³/mol. The summed E-state index contributed by atoms with van der Waals surface area (Å²) in [4.78, 5) is 38.7. The first-order valence-corrected chi connectivity index (χ1v) is 12.4. The summed E-state index contributed by atoms with van der Waals surface area (Å²) in [5, 5.41) is 3.94. The molecule has 1 aliphatic rings. The first-order chi connectivity index (χ1) is 16.2. The van der Waals surface area contributed by atoms with Crippen LogP contribution in [0, 0.1) is 5.92 Å². The van der Waals surface area contributed by atoms with E-state index in [4.69, 9.17) is 0 Å². The van der Waals surface area contributed by atoms with Crippen molar-refractivity contribution in [3.8, 4) is 0 Å². The maximum Gasteiger partial charge on any atom is 0.267 e. The van der Waals surface area contributed by atoms with Crippen LogP contribution < -0.4 is 5.32 Å². The fourth-order valence-electron chi connectivity index (χ4n) is 4.55. The zero-order valence-corrected chi connectivity index (χ0v) is 19.2. The highest BCUT2D eigenvalue weighted by Crippen LogP contribution is 2.25. The van der Waals surface area contributed by atoms with Gasteiger partial charge in [0.25, 0.3) is 11.8 Å². The van der Waals surface area contributed by atoms with Gasteiger partial charge in [-0.05, 0) is 55.5 Å². The monoisotopic (exact) mass is 461 g/mol. The number of aromatic nitrogens is 3. The second kappa shape index (κ2) is 9.70. The number of amides is 2. The van der Waals surface area contributed by atoms with Crippen molar-refractivity contribution in [3.05, 3.63) is 59.5 Å². The van der Waals surface area contributed by atoms with Crippen molar-refractivity contribution >= 4 is 44.3 Å². The number of nitrogens with zero attached hydrogens (tertiary/aromatic N) is 3. The number of carbonyl (C=O) groups is 2. The number of hydrogen-bond donors (Lipinski definition) is 2. The number of aromatic amines is 1. The Kier molecular flexibility index (Phi) is 6.35. The van der Waals surface area contributed by atoms with Crippen molar-refractivity contribution in [2.45, 2.75) is 32.1 Å². The molecular formula is C25H27N5O2S. The molecule has 0 saturated carbocycles. The number of rotatable bonds is 7. The van der Waals surface area contributed by atoms with E-state index in [9.17, 15) is 9.59 Å². The second-order valence-electron chi connectivity index (χ2n) is 8.67. The average Bonchev–Trinajstić information content (AvgIpc) is 3.50. The largest absolute Gasteiger partial charge is 0.351 e. The molecule has 0 unspecified atom stereocenters. The number of thiazole rings is 1. The van der Waals surface area contributed by atoms with Crippen molar-refractivity contribution in [2.75, 3.05) is 19.6 Å². The highest BCUT2D eigenvalue weighted by Gasteiger charge is 2.23. The Bertz CT molecular complexity index is 1240. The molecule has 0 spiro atoms. The Morgan fingerprint density at radius 2 is 2.03 bits per heavy atom. The Morgan fingerprint density at radius 3 is 2.88 bits per heavy atom. The third-order valence-electron chi connectivity index (χ3n) is 6.47. The second-order valence-corrected chi connectivity index (χ2v) is 9.55. The molecule has 2 N–H and O–H groups in total. The summed E-state index contributed by atoms with van der Waals surface area (Å²) in [6.07, 6.45) is 8.74. The average molecular weight is 462 g/mol. The Hall–Kier alpha value is -3.26. The third-order valence-corrected chi connectivity index (χ3v) is 7.26. The predicted octanol–water partition coefficient (Wildman–Crippen LogP) is 4.63. The van der Waals surface area contributed by atoms with Crippen LogP contribution in [-0.4, -0.2) is 51.3 Å². The van der Waals surface area contributed by atoms with Crippen LogP contribution in [-0.2, 0) is 0 Å². The molecule has 0 bridgehead atoms. The number of nitrogens with one attached hydrogen (secondary N) is 2. The van der Waals surface area contributed by atoms with Crippen LogP contribution in [0.5, 0.6) is 0 Å². The Morgan fingerprint density at radius 1 is 1.15 bits per heavy atom. The van der Waals surface area contributed by atoms with Gasteiger partial charge in [-0.25, -0.2) is 4.98 Å². The summed E-state index contributed by atoms with van der Waals surface area (Å²) in [6, 6.07) is 9.48. The minimum absolute atomic E-state index is 0.0745. The zero-order chi connectivity index (χ0) is 22.6. The Balaban J connectivity index is 1.01.